The summed E-state index contributed by atoms with van der Waals surface area (Å²) in [5.74, 6) is 0.891. The average Bonchev–Trinajstić information content (AvgIpc) is 2.47. The molecule has 0 bridgehead atoms. The molecule has 2 rings (SSSR count). The lowest BCUT2D eigenvalue weighted by atomic mass is 10.0. The Bertz CT molecular complexity index is 386. The van der Waals surface area contributed by atoms with Crippen molar-refractivity contribution in [3.63, 3.8) is 0 Å². The summed E-state index contributed by atoms with van der Waals surface area (Å²) in [7, 11) is 0. The topological polar surface area (TPSA) is 24.5 Å². The summed E-state index contributed by atoms with van der Waals surface area (Å²) in [6, 6.07) is 8.14. The standard InChI is InChI=1S/C15H23FN2O.ClH/c1-2-19-15-6-4-3-5-13(15)14(7-8-16)18-11-9-17-10-12-18;/h3-6,14,17H,2,7-12H2,1H3;1H/t14-;/m1./s1. The van der Waals surface area contributed by atoms with Crippen molar-refractivity contribution in [1.82, 2.24) is 10.2 Å². The van der Waals surface area contributed by atoms with Gasteiger partial charge in [-0.05, 0) is 19.4 Å². The van der Waals surface area contributed by atoms with Crippen molar-refractivity contribution >= 4 is 12.4 Å². The van der Waals surface area contributed by atoms with E-state index in [0.29, 0.717) is 13.0 Å². The lowest BCUT2D eigenvalue weighted by molar-refractivity contribution is 0.154. The third-order valence-corrected chi connectivity index (χ3v) is 3.55. The van der Waals surface area contributed by atoms with Crippen molar-refractivity contribution in [2.75, 3.05) is 39.5 Å². The molecular formula is C15H24ClFN2O. The first-order valence-corrected chi connectivity index (χ1v) is 7.09. The molecule has 3 nitrogen and oxygen atoms in total. The van der Waals surface area contributed by atoms with Gasteiger partial charge in [-0.15, -0.1) is 12.4 Å². The Morgan fingerprint density at radius 1 is 1.30 bits per heavy atom. The SMILES string of the molecule is CCOc1ccccc1[C@@H](CCF)N1CCNCC1.Cl. The largest absolute Gasteiger partial charge is 0.494 e. The molecule has 0 saturated carbocycles. The Morgan fingerprint density at radius 3 is 2.65 bits per heavy atom. The van der Waals surface area contributed by atoms with Gasteiger partial charge < -0.3 is 10.1 Å². The van der Waals surface area contributed by atoms with Crippen LogP contribution < -0.4 is 10.1 Å². The second-order valence-electron chi connectivity index (χ2n) is 4.75. The van der Waals surface area contributed by atoms with Crippen LogP contribution >= 0.6 is 12.4 Å². The van der Waals surface area contributed by atoms with E-state index in [4.69, 9.17) is 4.74 Å². The van der Waals surface area contributed by atoms with Crippen LogP contribution in [-0.4, -0.2) is 44.4 Å². The molecular weight excluding hydrogens is 279 g/mol. The van der Waals surface area contributed by atoms with Crippen molar-refractivity contribution in [1.29, 1.82) is 0 Å². The normalized spacial score (nSPS) is 17.3. The third kappa shape index (κ3) is 4.33. The predicted octanol–water partition coefficient (Wildman–Crippen LogP) is 2.81. The minimum Gasteiger partial charge on any atom is -0.494 e. The summed E-state index contributed by atoms with van der Waals surface area (Å²) in [6.07, 6.45) is 0.532. The second-order valence-corrected chi connectivity index (χ2v) is 4.75. The van der Waals surface area contributed by atoms with Gasteiger partial charge in [-0.25, -0.2) is 0 Å². The number of para-hydroxylation sites is 1. The molecule has 0 aromatic heterocycles. The third-order valence-electron chi connectivity index (χ3n) is 3.55. The van der Waals surface area contributed by atoms with E-state index in [1.165, 1.54) is 0 Å². The van der Waals surface area contributed by atoms with Gasteiger partial charge >= 0.3 is 0 Å². The molecule has 5 heteroatoms. The van der Waals surface area contributed by atoms with Gasteiger partial charge in [0.2, 0.25) is 0 Å². The number of benzene rings is 1. The summed E-state index contributed by atoms with van der Waals surface area (Å²) in [5.41, 5.74) is 1.11. The molecule has 0 unspecified atom stereocenters. The van der Waals surface area contributed by atoms with Gasteiger partial charge in [0.1, 0.15) is 5.75 Å². The average molecular weight is 303 g/mol. The van der Waals surface area contributed by atoms with Crippen LogP contribution in [0, 0.1) is 0 Å². The molecule has 1 aliphatic rings. The fraction of sp³-hybridized carbons (Fsp3) is 0.600. The van der Waals surface area contributed by atoms with Gasteiger partial charge in [-0.3, -0.25) is 9.29 Å². The second kappa shape index (κ2) is 9.16. The number of halogens is 2. The molecule has 0 aliphatic carbocycles. The summed E-state index contributed by atoms with van der Waals surface area (Å²) in [6.45, 7) is 6.19. The Balaban J connectivity index is 0.00000200. The number of nitrogens with one attached hydrogen (secondary N) is 1. The van der Waals surface area contributed by atoms with Gasteiger partial charge in [0.15, 0.2) is 0 Å². The van der Waals surface area contributed by atoms with Gasteiger partial charge in [0.05, 0.1) is 13.3 Å². The summed E-state index contributed by atoms with van der Waals surface area (Å²) >= 11 is 0. The maximum atomic E-state index is 12.9. The monoisotopic (exact) mass is 302 g/mol. The van der Waals surface area contributed by atoms with Crippen molar-refractivity contribution in [3.8, 4) is 5.75 Å². The van der Waals surface area contributed by atoms with Gasteiger partial charge in [0.25, 0.3) is 0 Å². The Labute approximate surface area is 126 Å². The maximum Gasteiger partial charge on any atom is 0.124 e. The molecule has 0 spiro atoms. The zero-order chi connectivity index (χ0) is 13.5. The fourth-order valence-electron chi connectivity index (χ4n) is 2.67. The molecule has 20 heavy (non-hydrogen) atoms. The van der Waals surface area contributed by atoms with Gasteiger partial charge in [-0.2, -0.15) is 0 Å². The number of alkyl halides is 1. The quantitative estimate of drug-likeness (QED) is 0.874. The molecule has 1 atom stereocenters. The Morgan fingerprint density at radius 2 is 2.00 bits per heavy atom. The minimum absolute atomic E-state index is 0. The van der Waals surface area contributed by atoms with Crippen LogP contribution in [0.2, 0.25) is 0 Å². The molecule has 1 heterocycles. The first-order valence-electron chi connectivity index (χ1n) is 7.09. The van der Waals surface area contributed by atoms with Crippen LogP contribution in [-0.2, 0) is 0 Å². The van der Waals surface area contributed by atoms with Gasteiger partial charge in [0, 0.05) is 37.8 Å². The zero-order valence-electron chi connectivity index (χ0n) is 12.0. The summed E-state index contributed by atoms with van der Waals surface area (Å²) in [4.78, 5) is 2.36. The number of nitrogens with zero attached hydrogens (tertiary/aromatic N) is 1. The molecule has 1 saturated heterocycles. The van der Waals surface area contributed by atoms with Crippen LogP contribution in [0.5, 0.6) is 5.75 Å². The van der Waals surface area contributed by atoms with E-state index in [2.05, 4.69) is 16.3 Å². The van der Waals surface area contributed by atoms with Crippen LogP contribution in [0.4, 0.5) is 4.39 Å². The molecule has 1 aliphatic heterocycles. The summed E-state index contributed by atoms with van der Waals surface area (Å²) in [5, 5.41) is 3.34. The van der Waals surface area contributed by atoms with Gasteiger partial charge in [-0.1, -0.05) is 18.2 Å². The number of rotatable bonds is 6. The number of ether oxygens (including phenoxy) is 1. The van der Waals surface area contributed by atoms with Crippen LogP contribution in [0.1, 0.15) is 24.9 Å². The van der Waals surface area contributed by atoms with E-state index >= 15 is 0 Å². The first kappa shape index (κ1) is 17.2. The molecule has 0 radical (unpaired) electrons. The highest BCUT2D eigenvalue weighted by Gasteiger charge is 2.24. The van der Waals surface area contributed by atoms with Crippen LogP contribution in [0.3, 0.4) is 0 Å². The lowest BCUT2D eigenvalue weighted by Crippen LogP contribution is -2.45. The molecule has 1 N–H and O–H groups in total. The van der Waals surface area contributed by atoms with E-state index in [0.717, 1.165) is 37.5 Å². The van der Waals surface area contributed by atoms with Crippen molar-refractivity contribution in [2.45, 2.75) is 19.4 Å². The highest BCUT2D eigenvalue weighted by atomic mass is 35.5. The highest BCUT2D eigenvalue weighted by Crippen LogP contribution is 2.32. The van der Waals surface area contributed by atoms with E-state index in [-0.39, 0.29) is 25.1 Å². The van der Waals surface area contributed by atoms with E-state index in [1.54, 1.807) is 0 Å². The smallest absolute Gasteiger partial charge is 0.124 e. The van der Waals surface area contributed by atoms with E-state index < -0.39 is 0 Å². The van der Waals surface area contributed by atoms with E-state index in [9.17, 15) is 4.39 Å². The van der Waals surface area contributed by atoms with Crippen molar-refractivity contribution in [2.24, 2.45) is 0 Å². The number of hydrogen-bond acceptors (Lipinski definition) is 3. The van der Waals surface area contributed by atoms with Crippen LogP contribution in [0.25, 0.3) is 0 Å². The zero-order valence-corrected chi connectivity index (χ0v) is 12.8. The number of piperazine rings is 1. The number of hydrogen-bond donors (Lipinski definition) is 1. The lowest BCUT2D eigenvalue weighted by Gasteiger charge is -2.35. The molecule has 1 aromatic carbocycles. The van der Waals surface area contributed by atoms with Crippen molar-refractivity contribution in [3.05, 3.63) is 29.8 Å². The fourth-order valence-corrected chi connectivity index (χ4v) is 2.67. The van der Waals surface area contributed by atoms with E-state index in [1.807, 2.05) is 25.1 Å². The highest BCUT2D eigenvalue weighted by molar-refractivity contribution is 5.85. The molecule has 0 amide bonds. The minimum atomic E-state index is -0.297. The molecule has 114 valence electrons. The van der Waals surface area contributed by atoms with Crippen molar-refractivity contribution < 1.29 is 9.13 Å². The molecule has 1 aromatic rings. The Hall–Kier alpha value is -0.840. The first-order chi connectivity index (χ1) is 9.36. The predicted molar refractivity (Wildman–Crippen MR) is 82.6 cm³/mol. The summed E-state index contributed by atoms with van der Waals surface area (Å²) < 4.78 is 18.6. The maximum absolute atomic E-state index is 12.9. The Kier molecular flexibility index (Phi) is 7.88. The molecule has 1 fully saturated rings. The van der Waals surface area contributed by atoms with Crippen LogP contribution in [0.15, 0.2) is 24.3 Å².